The third kappa shape index (κ3) is 3.20. The molecule has 0 aliphatic rings. The Hall–Kier alpha value is -2.69. The van der Waals surface area contributed by atoms with Crippen molar-refractivity contribution in [1.82, 2.24) is 10.3 Å². The smallest absolute Gasteiger partial charge is 0.330 e. The van der Waals surface area contributed by atoms with E-state index < -0.39 is 17.9 Å². The highest BCUT2D eigenvalue weighted by molar-refractivity contribution is 5.96. The molecule has 1 aromatic carbocycles. The predicted molar refractivity (Wildman–Crippen MR) is 73.3 cm³/mol. The summed E-state index contributed by atoms with van der Waals surface area (Å²) >= 11 is 0. The van der Waals surface area contributed by atoms with Crippen molar-refractivity contribution in [1.29, 1.82) is 0 Å². The predicted octanol–water partition coefficient (Wildman–Crippen LogP) is 1.95. The summed E-state index contributed by atoms with van der Waals surface area (Å²) in [7, 11) is 0. The zero-order chi connectivity index (χ0) is 14.5. The third-order valence-electron chi connectivity index (χ3n) is 2.81. The number of carboxylic acid groups (broad SMARTS) is 1. The first kappa shape index (κ1) is 13.7. The fraction of sp³-hybridized carbons (Fsp3) is 0.133. The Morgan fingerprint density at radius 2 is 1.90 bits per heavy atom. The average molecular weight is 270 g/mol. The highest BCUT2D eigenvalue weighted by atomic mass is 16.4. The lowest BCUT2D eigenvalue weighted by atomic mass is 10.1. The van der Waals surface area contributed by atoms with Gasteiger partial charge in [0.1, 0.15) is 0 Å². The van der Waals surface area contributed by atoms with Gasteiger partial charge in [0.2, 0.25) is 0 Å². The molecule has 2 N–H and O–H groups in total. The van der Waals surface area contributed by atoms with Gasteiger partial charge in [-0.25, -0.2) is 4.79 Å². The second-order valence-electron chi connectivity index (χ2n) is 4.34. The number of aliphatic carboxylic acids is 1. The van der Waals surface area contributed by atoms with E-state index >= 15 is 0 Å². The van der Waals surface area contributed by atoms with Crippen LogP contribution in [0.3, 0.4) is 0 Å². The summed E-state index contributed by atoms with van der Waals surface area (Å²) in [5.41, 5.74) is 1.61. The summed E-state index contributed by atoms with van der Waals surface area (Å²) < 4.78 is 0. The number of rotatable bonds is 4. The molecule has 0 bridgehead atoms. The summed E-state index contributed by atoms with van der Waals surface area (Å²) in [5, 5.41) is 11.8. The van der Waals surface area contributed by atoms with E-state index in [2.05, 4.69) is 10.3 Å². The molecule has 0 saturated heterocycles. The first-order chi connectivity index (χ1) is 9.58. The van der Waals surface area contributed by atoms with Gasteiger partial charge in [-0.3, -0.25) is 9.78 Å². The number of aryl methyl sites for hydroxylation is 1. The van der Waals surface area contributed by atoms with Crippen LogP contribution in [0.5, 0.6) is 0 Å². The number of carbonyl (C=O) groups is 2. The van der Waals surface area contributed by atoms with Crippen LogP contribution in [0.1, 0.15) is 27.7 Å². The Bertz CT molecular complexity index is 626. The third-order valence-corrected chi connectivity index (χ3v) is 2.81. The van der Waals surface area contributed by atoms with Crippen LogP contribution in [0.4, 0.5) is 0 Å². The number of benzene rings is 1. The molecule has 1 amide bonds. The van der Waals surface area contributed by atoms with Crippen molar-refractivity contribution in [3.8, 4) is 0 Å². The van der Waals surface area contributed by atoms with E-state index in [1.54, 1.807) is 49.4 Å². The molecule has 0 spiro atoms. The molecule has 0 fully saturated rings. The Morgan fingerprint density at radius 1 is 1.20 bits per heavy atom. The van der Waals surface area contributed by atoms with Gasteiger partial charge in [0, 0.05) is 17.5 Å². The zero-order valence-corrected chi connectivity index (χ0v) is 10.9. The Kier molecular flexibility index (Phi) is 4.10. The minimum atomic E-state index is -1.10. The quantitative estimate of drug-likeness (QED) is 0.890. The first-order valence-electron chi connectivity index (χ1n) is 6.09. The lowest BCUT2D eigenvalue weighted by Crippen LogP contribution is -2.33. The maximum absolute atomic E-state index is 12.1. The van der Waals surface area contributed by atoms with E-state index in [-0.39, 0.29) is 0 Å². The molecule has 0 aliphatic heterocycles. The van der Waals surface area contributed by atoms with Crippen molar-refractivity contribution < 1.29 is 14.7 Å². The summed E-state index contributed by atoms with van der Waals surface area (Å²) in [6.45, 7) is 1.77. The fourth-order valence-corrected chi connectivity index (χ4v) is 1.83. The van der Waals surface area contributed by atoms with Gasteiger partial charge in [-0.2, -0.15) is 0 Å². The van der Waals surface area contributed by atoms with Gasteiger partial charge >= 0.3 is 5.97 Å². The monoisotopic (exact) mass is 270 g/mol. The van der Waals surface area contributed by atoms with E-state index in [0.717, 1.165) is 0 Å². The summed E-state index contributed by atoms with van der Waals surface area (Å²) in [6.07, 6.45) is 1.52. The van der Waals surface area contributed by atoms with Gasteiger partial charge in [-0.1, -0.05) is 30.3 Å². The Morgan fingerprint density at radius 3 is 2.50 bits per heavy atom. The number of nitrogens with zero attached hydrogens (tertiary/aromatic N) is 1. The highest BCUT2D eigenvalue weighted by Gasteiger charge is 2.22. The minimum Gasteiger partial charge on any atom is -0.479 e. The molecule has 5 heteroatoms. The number of hydrogen-bond acceptors (Lipinski definition) is 3. The highest BCUT2D eigenvalue weighted by Crippen LogP contribution is 2.14. The van der Waals surface area contributed by atoms with Crippen molar-refractivity contribution in [3.05, 3.63) is 65.5 Å². The van der Waals surface area contributed by atoms with Crippen LogP contribution in [0.15, 0.2) is 48.7 Å². The number of hydrogen-bond donors (Lipinski definition) is 2. The minimum absolute atomic E-state index is 0.389. The van der Waals surface area contributed by atoms with Gasteiger partial charge in [0.15, 0.2) is 6.04 Å². The van der Waals surface area contributed by atoms with Crippen LogP contribution in [0, 0.1) is 6.92 Å². The lowest BCUT2D eigenvalue weighted by molar-refractivity contribution is -0.139. The molecule has 0 radical (unpaired) electrons. The van der Waals surface area contributed by atoms with Crippen molar-refractivity contribution in [2.45, 2.75) is 13.0 Å². The summed E-state index contributed by atoms with van der Waals surface area (Å²) in [5.74, 6) is -1.54. The van der Waals surface area contributed by atoms with E-state index in [1.807, 2.05) is 0 Å². The number of carbonyl (C=O) groups excluding carboxylic acids is 1. The Balaban J connectivity index is 2.21. The maximum atomic E-state index is 12.1. The molecule has 102 valence electrons. The van der Waals surface area contributed by atoms with E-state index in [1.165, 1.54) is 6.20 Å². The van der Waals surface area contributed by atoms with Crippen molar-refractivity contribution in [3.63, 3.8) is 0 Å². The lowest BCUT2D eigenvalue weighted by Gasteiger charge is -2.15. The first-order valence-corrected chi connectivity index (χ1v) is 6.09. The molecule has 20 heavy (non-hydrogen) atoms. The zero-order valence-electron chi connectivity index (χ0n) is 10.9. The van der Waals surface area contributed by atoms with E-state index in [9.17, 15) is 14.7 Å². The second-order valence-corrected chi connectivity index (χ2v) is 4.34. The molecular weight excluding hydrogens is 256 g/mol. The topological polar surface area (TPSA) is 79.3 Å². The maximum Gasteiger partial charge on any atom is 0.330 e. The molecule has 1 heterocycles. The number of pyridine rings is 1. The standard InChI is InChI=1S/C15H14N2O3/c1-10-9-12(7-8-16-10)14(18)17-13(15(19)20)11-5-3-2-4-6-11/h2-9,13H,1H3,(H,17,18)(H,19,20)/t13-/m1/s1. The van der Waals surface area contributed by atoms with Crippen LogP contribution in [0.25, 0.3) is 0 Å². The molecule has 5 nitrogen and oxygen atoms in total. The molecule has 0 saturated carbocycles. The second kappa shape index (κ2) is 5.97. The molecule has 0 unspecified atom stereocenters. The molecule has 1 atom stereocenters. The molecule has 2 aromatic rings. The van der Waals surface area contributed by atoms with Crippen LogP contribution in [0.2, 0.25) is 0 Å². The van der Waals surface area contributed by atoms with Crippen LogP contribution >= 0.6 is 0 Å². The number of nitrogens with one attached hydrogen (secondary N) is 1. The van der Waals surface area contributed by atoms with Crippen molar-refractivity contribution in [2.75, 3.05) is 0 Å². The van der Waals surface area contributed by atoms with Crippen LogP contribution in [-0.4, -0.2) is 22.0 Å². The molecule has 1 aromatic heterocycles. The van der Waals surface area contributed by atoms with E-state index in [0.29, 0.717) is 16.8 Å². The molecule has 2 rings (SSSR count). The van der Waals surface area contributed by atoms with E-state index in [4.69, 9.17) is 0 Å². The van der Waals surface area contributed by atoms with Crippen molar-refractivity contribution in [2.24, 2.45) is 0 Å². The van der Waals surface area contributed by atoms with Crippen LogP contribution in [-0.2, 0) is 4.79 Å². The van der Waals surface area contributed by atoms with Crippen LogP contribution < -0.4 is 5.32 Å². The van der Waals surface area contributed by atoms with Gasteiger partial charge in [-0.15, -0.1) is 0 Å². The largest absolute Gasteiger partial charge is 0.479 e. The SMILES string of the molecule is Cc1cc(C(=O)N[C@@H](C(=O)O)c2ccccc2)ccn1. The normalized spacial score (nSPS) is 11.7. The van der Waals surface area contributed by atoms with Gasteiger partial charge < -0.3 is 10.4 Å². The number of amides is 1. The molecule has 0 aliphatic carbocycles. The summed E-state index contributed by atoms with van der Waals surface area (Å²) in [4.78, 5) is 27.4. The Labute approximate surface area is 116 Å². The fourth-order valence-electron chi connectivity index (χ4n) is 1.83. The average Bonchev–Trinajstić information content (AvgIpc) is 2.45. The van der Waals surface area contributed by atoms with Crippen molar-refractivity contribution >= 4 is 11.9 Å². The summed E-state index contributed by atoms with van der Waals surface area (Å²) in [6, 6.07) is 10.7. The van der Waals surface area contributed by atoms with Gasteiger partial charge in [-0.05, 0) is 24.6 Å². The van der Waals surface area contributed by atoms with Gasteiger partial charge in [0.25, 0.3) is 5.91 Å². The van der Waals surface area contributed by atoms with Gasteiger partial charge in [0.05, 0.1) is 0 Å². The molecular formula is C15H14N2O3. The number of carboxylic acids is 1. The number of aromatic nitrogens is 1.